The molecule has 136 valence electrons. The molecule has 2 aromatic carbocycles. The van der Waals surface area contributed by atoms with Crippen LogP contribution in [0.1, 0.15) is 40.3 Å². The van der Waals surface area contributed by atoms with Crippen LogP contribution >= 0.6 is 43.2 Å². The van der Waals surface area contributed by atoms with Crippen LogP contribution in [0.15, 0.2) is 68.0 Å². The minimum absolute atomic E-state index is 0.174. The quantitative estimate of drug-likeness (QED) is 0.383. The first-order chi connectivity index (χ1) is 13.1. The lowest BCUT2D eigenvalue weighted by Crippen LogP contribution is -2.33. The fourth-order valence-electron chi connectivity index (χ4n) is 3.63. The zero-order chi connectivity index (χ0) is 18.5. The highest BCUT2D eigenvalue weighted by Crippen LogP contribution is 2.48. The van der Waals surface area contributed by atoms with Gasteiger partial charge in [-0.2, -0.15) is 5.10 Å². The second kappa shape index (κ2) is 6.76. The van der Waals surface area contributed by atoms with Gasteiger partial charge in [-0.25, -0.2) is 5.01 Å². The number of fused-ring (bicyclic) bond motifs is 3. The summed E-state index contributed by atoms with van der Waals surface area (Å²) in [6.07, 6.45) is 0.660. The van der Waals surface area contributed by atoms with Crippen LogP contribution in [0.3, 0.4) is 0 Å². The molecule has 0 amide bonds. The van der Waals surface area contributed by atoms with Gasteiger partial charge in [-0.15, -0.1) is 11.3 Å². The van der Waals surface area contributed by atoms with Crippen LogP contribution in [-0.2, 0) is 0 Å². The fraction of sp³-hybridized carbons (Fsp3) is 0.190. The average Bonchev–Trinajstić information content (AvgIpc) is 3.28. The molecule has 6 heteroatoms. The maximum absolute atomic E-state index is 6.41. The summed E-state index contributed by atoms with van der Waals surface area (Å²) in [6.45, 7) is 2.10. The van der Waals surface area contributed by atoms with Gasteiger partial charge in [0.05, 0.1) is 20.4 Å². The van der Waals surface area contributed by atoms with Gasteiger partial charge >= 0.3 is 0 Å². The number of rotatable bonds is 2. The number of hydrogen-bond donors (Lipinski definition) is 0. The number of ether oxygens (including phenoxy) is 1. The SMILES string of the molecule is Cc1ccc([C@H]2Oc3ccc(Br)cc3[C@H]3CC(c4ccc(Br)s4)=NN32)cc1. The van der Waals surface area contributed by atoms with E-state index in [1.54, 1.807) is 11.3 Å². The number of thiophene rings is 1. The maximum Gasteiger partial charge on any atom is 0.213 e. The van der Waals surface area contributed by atoms with Crippen molar-refractivity contribution in [2.75, 3.05) is 0 Å². The zero-order valence-electron chi connectivity index (χ0n) is 14.5. The first-order valence-electron chi connectivity index (χ1n) is 8.73. The highest BCUT2D eigenvalue weighted by Gasteiger charge is 2.41. The van der Waals surface area contributed by atoms with E-state index in [1.165, 1.54) is 16.0 Å². The van der Waals surface area contributed by atoms with Crippen LogP contribution in [0.4, 0.5) is 0 Å². The van der Waals surface area contributed by atoms with E-state index in [4.69, 9.17) is 9.84 Å². The van der Waals surface area contributed by atoms with Crippen LogP contribution in [-0.4, -0.2) is 10.7 Å². The smallest absolute Gasteiger partial charge is 0.213 e. The summed E-state index contributed by atoms with van der Waals surface area (Å²) >= 11 is 8.89. The van der Waals surface area contributed by atoms with E-state index in [0.29, 0.717) is 0 Å². The summed E-state index contributed by atoms with van der Waals surface area (Å²) in [4.78, 5) is 1.20. The highest BCUT2D eigenvalue weighted by atomic mass is 79.9. The molecule has 0 aliphatic carbocycles. The third kappa shape index (κ3) is 3.13. The molecule has 0 radical (unpaired) electrons. The second-order valence-corrected chi connectivity index (χ2v) is 10.2. The molecule has 3 aromatic rings. The van der Waals surface area contributed by atoms with Gasteiger partial charge in [0.25, 0.3) is 0 Å². The molecule has 3 nitrogen and oxygen atoms in total. The van der Waals surface area contributed by atoms with E-state index >= 15 is 0 Å². The van der Waals surface area contributed by atoms with Crippen molar-refractivity contribution < 1.29 is 4.74 Å². The normalized spacial score (nSPS) is 20.7. The Hall–Kier alpha value is -1.63. The molecular formula is C21H16Br2N2OS. The molecule has 2 atom stereocenters. The molecule has 1 aromatic heterocycles. The number of hydrogen-bond acceptors (Lipinski definition) is 4. The lowest BCUT2D eigenvalue weighted by molar-refractivity contribution is -0.0190. The van der Waals surface area contributed by atoms with Crippen molar-refractivity contribution in [3.8, 4) is 5.75 Å². The van der Waals surface area contributed by atoms with Crippen molar-refractivity contribution in [3.05, 3.63) is 84.4 Å². The molecule has 0 fully saturated rings. The largest absolute Gasteiger partial charge is 0.464 e. The van der Waals surface area contributed by atoms with Gasteiger partial charge in [0, 0.05) is 22.0 Å². The molecule has 0 N–H and O–H groups in total. The predicted octanol–water partition coefficient (Wildman–Crippen LogP) is 6.82. The highest BCUT2D eigenvalue weighted by molar-refractivity contribution is 9.11. The predicted molar refractivity (Wildman–Crippen MR) is 116 cm³/mol. The van der Waals surface area contributed by atoms with Crippen molar-refractivity contribution in [2.45, 2.75) is 25.6 Å². The van der Waals surface area contributed by atoms with E-state index in [1.807, 2.05) is 6.07 Å². The maximum atomic E-state index is 6.41. The van der Waals surface area contributed by atoms with Crippen molar-refractivity contribution in [1.82, 2.24) is 5.01 Å². The van der Waals surface area contributed by atoms with Crippen molar-refractivity contribution in [3.63, 3.8) is 0 Å². The Labute approximate surface area is 178 Å². The molecule has 27 heavy (non-hydrogen) atoms. The minimum Gasteiger partial charge on any atom is -0.464 e. The van der Waals surface area contributed by atoms with Gasteiger partial charge in [-0.1, -0.05) is 45.8 Å². The number of benzene rings is 2. The van der Waals surface area contributed by atoms with Crippen LogP contribution in [0.5, 0.6) is 5.75 Å². The molecule has 3 heterocycles. The van der Waals surface area contributed by atoms with Gasteiger partial charge in [0.2, 0.25) is 6.23 Å². The van der Waals surface area contributed by atoms with E-state index in [9.17, 15) is 0 Å². The third-order valence-corrected chi connectivity index (χ3v) is 7.14. The monoisotopic (exact) mass is 502 g/mol. The molecule has 0 saturated carbocycles. The first-order valence-corrected chi connectivity index (χ1v) is 11.1. The first kappa shape index (κ1) is 17.5. The van der Waals surface area contributed by atoms with Gasteiger partial charge in [0.1, 0.15) is 5.75 Å². The van der Waals surface area contributed by atoms with E-state index in [-0.39, 0.29) is 12.3 Å². The number of hydrazone groups is 1. The summed E-state index contributed by atoms with van der Waals surface area (Å²) in [6, 6.07) is 19.2. The molecule has 2 aliphatic rings. The Kier molecular flexibility index (Phi) is 4.37. The number of aryl methyl sites for hydroxylation is 1. The zero-order valence-corrected chi connectivity index (χ0v) is 18.5. The summed E-state index contributed by atoms with van der Waals surface area (Å²) in [7, 11) is 0. The standard InChI is InChI=1S/C21H16Br2N2OS/c1-12-2-4-13(5-3-12)21-25-17(15-10-14(22)6-7-18(15)26-21)11-16(24-25)19-8-9-20(23)27-19/h2-10,17,21H,11H2,1H3/t17-,21-/m1/s1. The van der Waals surface area contributed by atoms with Crippen molar-refractivity contribution >= 4 is 48.9 Å². The summed E-state index contributed by atoms with van der Waals surface area (Å²) in [5.74, 6) is 0.939. The Morgan fingerprint density at radius 3 is 2.63 bits per heavy atom. The van der Waals surface area contributed by atoms with Gasteiger partial charge in [0.15, 0.2) is 0 Å². The molecule has 5 rings (SSSR count). The van der Waals surface area contributed by atoms with Gasteiger partial charge in [-0.05, 0) is 53.2 Å². The van der Waals surface area contributed by atoms with E-state index in [0.717, 1.165) is 31.7 Å². The average molecular weight is 504 g/mol. The van der Waals surface area contributed by atoms with Crippen LogP contribution in [0.25, 0.3) is 0 Å². The van der Waals surface area contributed by atoms with Gasteiger partial charge < -0.3 is 4.74 Å². The molecule has 0 spiro atoms. The van der Waals surface area contributed by atoms with E-state index < -0.39 is 0 Å². The fourth-order valence-corrected chi connectivity index (χ4v) is 5.39. The number of halogens is 2. The van der Waals surface area contributed by atoms with Gasteiger partial charge in [-0.3, -0.25) is 0 Å². The summed E-state index contributed by atoms with van der Waals surface area (Å²) in [5.41, 5.74) is 4.66. The Morgan fingerprint density at radius 1 is 1.07 bits per heavy atom. The van der Waals surface area contributed by atoms with Crippen molar-refractivity contribution in [2.24, 2.45) is 5.10 Å². The lowest BCUT2D eigenvalue weighted by atomic mass is 9.97. The van der Waals surface area contributed by atoms with Crippen LogP contribution in [0, 0.1) is 6.92 Å². The molecule has 0 unspecified atom stereocenters. The minimum atomic E-state index is -0.217. The molecule has 0 bridgehead atoms. The second-order valence-electron chi connectivity index (χ2n) is 6.81. The van der Waals surface area contributed by atoms with E-state index in [2.05, 4.69) is 92.3 Å². The third-order valence-electron chi connectivity index (χ3n) is 4.97. The molecular weight excluding hydrogens is 488 g/mol. The van der Waals surface area contributed by atoms with Crippen molar-refractivity contribution in [1.29, 1.82) is 0 Å². The molecule has 2 aliphatic heterocycles. The topological polar surface area (TPSA) is 24.8 Å². The van der Waals surface area contributed by atoms with Crippen LogP contribution in [0.2, 0.25) is 0 Å². The van der Waals surface area contributed by atoms with Crippen LogP contribution < -0.4 is 4.74 Å². The Bertz CT molecular complexity index is 1040. The lowest BCUT2D eigenvalue weighted by Gasteiger charge is -2.38. The number of nitrogens with zero attached hydrogens (tertiary/aromatic N) is 2. The summed E-state index contributed by atoms with van der Waals surface area (Å²) < 4.78 is 8.59. The Morgan fingerprint density at radius 2 is 1.89 bits per heavy atom. The summed E-state index contributed by atoms with van der Waals surface area (Å²) in [5, 5.41) is 7.13. The molecule has 0 saturated heterocycles. The Balaban J connectivity index is 1.60.